The summed E-state index contributed by atoms with van der Waals surface area (Å²) in [4.78, 5) is 14.7. The standard InChI is InChI=1S/C21H21F2N3O3S/c1-13(15-6-7-17(22)18(23)12-15)24-21(27)14-8-10-26(11-9-14)20-16-4-2-3-5-19(16)30(28,29)25-20/h2-7,12-14H,8-11H2,1H3,(H,24,27)/t13-/m1/s1. The van der Waals surface area contributed by atoms with Crippen LogP contribution in [0.2, 0.25) is 0 Å². The molecule has 6 nitrogen and oxygen atoms in total. The molecule has 0 spiro atoms. The predicted octanol–water partition coefficient (Wildman–Crippen LogP) is 3.00. The first-order valence-electron chi connectivity index (χ1n) is 9.71. The lowest BCUT2D eigenvalue weighted by Gasteiger charge is -2.33. The smallest absolute Gasteiger partial charge is 0.285 e. The molecule has 9 heteroatoms. The zero-order valence-electron chi connectivity index (χ0n) is 16.3. The number of carbonyl (C=O) groups is 1. The minimum absolute atomic E-state index is 0.159. The minimum atomic E-state index is -3.68. The third-order valence-electron chi connectivity index (χ3n) is 5.58. The first-order chi connectivity index (χ1) is 14.3. The molecule has 1 saturated heterocycles. The first-order valence-corrected chi connectivity index (χ1v) is 11.1. The molecule has 0 aliphatic carbocycles. The summed E-state index contributed by atoms with van der Waals surface area (Å²) in [7, 11) is -3.68. The average molecular weight is 433 g/mol. The Morgan fingerprint density at radius 2 is 1.83 bits per heavy atom. The highest BCUT2D eigenvalue weighted by Gasteiger charge is 2.34. The molecule has 2 aromatic rings. The molecule has 1 atom stereocenters. The van der Waals surface area contributed by atoms with Crippen LogP contribution >= 0.6 is 0 Å². The highest BCUT2D eigenvalue weighted by Crippen LogP contribution is 2.30. The SMILES string of the molecule is C[C@@H](NC(=O)C1CCN(C2=NS(=O)(=O)c3ccccc32)CC1)c1ccc(F)c(F)c1. The second-order valence-corrected chi connectivity index (χ2v) is 9.12. The molecule has 2 aliphatic rings. The molecule has 4 rings (SSSR count). The van der Waals surface area contributed by atoms with Gasteiger partial charge >= 0.3 is 0 Å². The maximum Gasteiger partial charge on any atom is 0.285 e. The number of carbonyl (C=O) groups excluding carboxylic acids is 1. The zero-order valence-corrected chi connectivity index (χ0v) is 17.1. The highest BCUT2D eigenvalue weighted by atomic mass is 32.2. The van der Waals surface area contributed by atoms with Crippen molar-refractivity contribution in [3.63, 3.8) is 0 Å². The Labute approximate surface area is 173 Å². The molecule has 2 aromatic carbocycles. The summed E-state index contributed by atoms with van der Waals surface area (Å²) in [6, 6.07) is 9.83. The van der Waals surface area contributed by atoms with Crippen molar-refractivity contribution in [2.24, 2.45) is 10.3 Å². The molecule has 0 bridgehead atoms. The molecule has 0 saturated carbocycles. The van der Waals surface area contributed by atoms with Gasteiger partial charge in [-0.25, -0.2) is 8.78 Å². The monoisotopic (exact) mass is 433 g/mol. The predicted molar refractivity (Wildman–Crippen MR) is 107 cm³/mol. The van der Waals surface area contributed by atoms with Gasteiger partial charge in [0.25, 0.3) is 10.0 Å². The van der Waals surface area contributed by atoms with E-state index in [4.69, 9.17) is 0 Å². The van der Waals surface area contributed by atoms with E-state index in [2.05, 4.69) is 9.71 Å². The molecule has 0 aromatic heterocycles. The van der Waals surface area contributed by atoms with Gasteiger partial charge in [-0.1, -0.05) is 18.2 Å². The fourth-order valence-corrected chi connectivity index (χ4v) is 5.09. The second-order valence-electron chi connectivity index (χ2n) is 7.55. The van der Waals surface area contributed by atoms with Crippen LogP contribution in [-0.4, -0.2) is 38.2 Å². The number of likely N-dealkylation sites (tertiary alicyclic amines) is 1. The maximum absolute atomic E-state index is 13.4. The number of amidine groups is 1. The van der Waals surface area contributed by atoms with E-state index in [1.165, 1.54) is 6.07 Å². The third kappa shape index (κ3) is 3.81. The summed E-state index contributed by atoms with van der Waals surface area (Å²) in [5.41, 5.74) is 1.08. The molecule has 30 heavy (non-hydrogen) atoms. The van der Waals surface area contributed by atoms with Crippen LogP contribution in [-0.2, 0) is 14.8 Å². The fourth-order valence-electron chi connectivity index (χ4n) is 3.87. The lowest BCUT2D eigenvalue weighted by Crippen LogP contribution is -2.43. The van der Waals surface area contributed by atoms with Crippen LogP contribution in [0.25, 0.3) is 0 Å². The first kappa shape index (κ1) is 20.5. The van der Waals surface area contributed by atoms with E-state index < -0.39 is 27.7 Å². The average Bonchev–Trinajstić information content (AvgIpc) is 3.01. The van der Waals surface area contributed by atoms with Gasteiger partial charge in [0, 0.05) is 24.6 Å². The van der Waals surface area contributed by atoms with Crippen molar-refractivity contribution in [1.29, 1.82) is 0 Å². The number of halogens is 2. The quantitative estimate of drug-likeness (QED) is 0.807. The number of piperidine rings is 1. The molecular weight excluding hydrogens is 412 g/mol. The van der Waals surface area contributed by atoms with Crippen LogP contribution in [0.3, 0.4) is 0 Å². The van der Waals surface area contributed by atoms with Crippen molar-refractivity contribution in [3.05, 3.63) is 65.2 Å². The van der Waals surface area contributed by atoms with Gasteiger partial charge in [0.1, 0.15) is 4.90 Å². The molecule has 1 amide bonds. The number of rotatable bonds is 3. The van der Waals surface area contributed by atoms with Gasteiger partial charge in [-0.05, 0) is 49.6 Å². The van der Waals surface area contributed by atoms with E-state index in [0.717, 1.165) is 12.1 Å². The number of hydrogen-bond donors (Lipinski definition) is 1. The maximum atomic E-state index is 13.4. The summed E-state index contributed by atoms with van der Waals surface area (Å²) in [6.07, 6.45) is 1.08. The lowest BCUT2D eigenvalue weighted by molar-refractivity contribution is -0.126. The van der Waals surface area contributed by atoms with Gasteiger partial charge < -0.3 is 10.2 Å². The molecule has 2 heterocycles. The summed E-state index contributed by atoms with van der Waals surface area (Å²) in [5.74, 6) is -1.85. The van der Waals surface area contributed by atoms with Gasteiger partial charge in [0.05, 0.1) is 6.04 Å². The normalized spacial score (nSPS) is 19.2. The van der Waals surface area contributed by atoms with Gasteiger partial charge in [-0.2, -0.15) is 8.42 Å². The number of fused-ring (bicyclic) bond motifs is 1. The molecule has 158 valence electrons. The van der Waals surface area contributed by atoms with Crippen molar-refractivity contribution in [2.45, 2.75) is 30.7 Å². The van der Waals surface area contributed by atoms with Crippen LogP contribution in [0.15, 0.2) is 51.8 Å². The molecular formula is C21H21F2N3O3S. The Bertz CT molecular complexity index is 1130. The highest BCUT2D eigenvalue weighted by molar-refractivity contribution is 7.90. The summed E-state index contributed by atoms with van der Waals surface area (Å²) < 4.78 is 55.0. The number of hydrogen-bond acceptors (Lipinski definition) is 4. The van der Waals surface area contributed by atoms with E-state index in [0.29, 0.717) is 42.9 Å². The van der Waals surface area contributed by atoms with E-state index in [9.17, 15) is 22.0 Å². The van der Waals surface area contributed by atoms with Gasteiger partial charge in [0.15, 0.2) is 17.5 Å². The van der Waals surface area contributed by atoms with Gasteiger partial charge in [0.2, 0.25) is 5.91 Å². The Morgan fingerprint density at radius 3 is 2.53 bits per heavy atom. The Morgan fingerprint density at radius 1 is 1.13 bits per heavy atom. The van der Waals surface area contributed by atoms with Crippen molar-refractivity contribution in [1.82, 2.24) is 10.2 Å². The van der Waals surface area contributed by atoms with E-state index in [1.54, 1.807) is 31.2 Å². The fraction of sp³-hybridized carbons (Fsp3) is 0.333. The lowest BCUT2D eigenvalue weighted by atomic mass is 9.94. The molecule has 1 N–H and O–H groups in total. The zero-order chi connectivity index (χ0) is 21.5. The number of nitrogens with one attached hydrogen (secondary N) is 1. The van der Waals surface area contributed by atoms with E-state index >= 15 is 0 Å². The van der Waals surface area contributed by atoms with E-state index in [-0.39, 0.29) is 16.7 Å². The van der Waals surface area contributed by atoms with Crippen molar-refractivity contribution >= 4 is 21.8 Å². The van der Waals surface area contributed by atoms with Crippen LogP contribution < -0.4 is 5.32 Å². The number of benzene rings is 2. The number of amides is 1. The summed E-state index contributed by atoms with van der Waals surface area (Å²) in [6.45, 7) is 2.72. The van der Waals surface area contributed by atoms with Crippen LogP contribution in [0, 0.1) is 17.6 Å². The Hall–Kier alpha value is -2.81. The number of nitrogens with zero attached hydrogens (tertiary/aromatic N) is 2. The van der Waals surface area contributed by atoms with Crippen molar-refractivity contribution in [2.75, 3.05) is 13.1 Å². The third-order valence-corrected chi connectivity index (χ3v) is 6.91. The van der Waals surface area contributed by atoms with Crippen LogP contribution in [0.5, 0.6) is 0 Å². The summed E-state index contributed by atoms with van der Waals surface area (Å²) in [5, 5.41) is 2.85. The van der Waals surface area contributed by atoms with Crippen LogP contribution in [0.4, 0.5) is 8.78 Å². The minimum Gasteiger partial charge on any atom is -0.355 e. The Kier molecular flexibility index (Phi) is 5.31. The molecule has 1 fully saturated rings. The van der Waals surface area contributed by atoms with Crippen molar-refractivity contribution in [3.8, 4) is 0 Å². The van der Waals surface area contributed by atoms with Gasteiger partial charge in [-0.15, -0.1) is 4.40 Å². The second kappa shape index (κ2) is 7.79. The molecule has 0 unspecified atom stereocenters. The van der Waals surface area contributed by atoms with Crippen molar-refractivity contribution < 1.29 is 22.0 Å². The summed E-state index contributed by atoms with van der Waals surface area (Å²) >= 11 is 0. The van der Waals surface area contributed by atoms with Crippen LogP contribution in [0.1, 0.15) is 36.9 Å². The van der Waals surface area contributed by atoms with Gasteiger partial charge in [-0.3, -0.25) is 4.79 Å². The Balaban J connectivity index is 1.39. The number of sulfonamides is 1. The topological polar surface area (TPSA) is 78.8 Å². The molecule has 0 radical (unpaired) electrons. The molecule has 2 aliphatic heterocycles. The van der Waals surface area contributed by atoms with E-state index in [1.807, 2.05) is 4.90 Å². The largest absolute Gasteiger partial charge is 0.355 e.